The lowest BCUT2D eigenvalue weighted by molar-refractivity contribution is 0.661. The molecule has 0 amide bonds. The molecule has 8 aromatic rings. The fourth-order valence-corrected chi connectivity index (χ4v) is 7.92. The first-order valence-corrected chi connectivity index (χ1v) is 16.8. The summed E-state index contributed by atoms with van der Waals surface area (Å²) in [6, 6.07) is 64.3. The van der Waals surface area contributed by atoms with Crippen LogP contribution in [0.5, 0.6) is 0 Å². The maximum absolute atomic E-state index is 2.48. The van der Waals surface area contributed by atoms with Gasteiger partial charge in [0.05, 0.1) is 5.69 Å². The smallest absolute Gasteiger partial charge is 0.0621 e. The van der Waals surface area contributed by atoms with E-state index in [1.165, 1.54) is 71.7 Å². The molecular formula is C47H35N. The van der Waals surface area contributed by atoms with Gasteiger partial charge in [0.2, 0.25) is 0 Å². The molecule has 0 heterocycles. The maximum Gasteiger partial charge on any atom is 0.0621 e. The summed E-state index contributed by atoms with van der Waals surface area (Å²) in [7, 11) is 0. The standard InChI is InChI=1S/C47H35N/c1-47(2)42-24-14-13-23-41(42)45-43(47)31-35-18-10-12-22-40(35)46(45)48(36-19-7-4-8-20-36)37-28-25-34(26-29-37)44-38-21-11-9-17-33(38)27-30-39(44)32-15-5-3-6-16-32/h3-31H,1-2H3. The first-order chi connectivity index (χ1) is 23.6. The van der Waals surface area contributed by atoms with Gasteiger partial charge in [0.1, 0.15) is 0 Å². The monoisotopic (exact) mass is 613 g/mol. The van der Waals surface area contributed by atoms with Crippen LogP contribution in [0.3, 0.4) is 0 Å². The zero-order chi connectivity index (χ0) is 32.2. The fourth-order valence-electron chi connectivity index (χ4n) is 7.92. The van der Waals surface area contributed by atoms with Gasteiger partial charge in [-0.1, -0.05) is 159 Å². The van der Waals surface area contributed by atoms with E-state index >= 15 is 0 Å². The van der Waals surface area contributed by atoms with Crippen molar-refractivity contribution in [2.75, 3.05) is 4.90 Å². The Morgan fingerprint density at radius 2 is 1.00 bits per heavy atom. The molecule has 0 aliphatic heterocycles. The highest BCUT2D eigenvalue weighted by Gasteiger charge is 2.38. The number of para-hydroxylation sites is 1. The molecule has 0 saturated heterocycles. The summed E-state index contributed by atoms with van der Waals surface area (Å²) in [5.74, 6) is 0. The third-order valence-corrected chi connectivity index (χ3v) is 10.2. The second-order valence-electron chi connectivity index (χ2n) is 13.3. The molecule has 0 atom stereocenters. The topological polar surface area (TPSA) is 3.24 Å². The predicted octanol–water partition coefficient (Wildman–Crippen LogP) is 13.1. The number of benzene rings is 8. The molecule has 9 rings (SSSR count). The second-order valence-corrected chi connectivity index (χ2v) is 13.3. The van der Waals surface area contributed by atoms with Gasteiger partial charge < -0.3 is 4.90 Å². The minimum Gasteiger partial charge on any atom is -0.309 e. The van der Waals surface area contributed by atoms with E-state index in [0.29, 0.717) is 0 Å². The minimum absolute atomic E-state index is 0.112. The summed E-state index contributed by atoms with van der Waals surface area (Å²) in [4.78, 5) is 2.48. The highest BCUT2D eigenvalue weighted by Crippen LogP contribution is 2.56. The van der Waals surface area contributed by atoms with Crippen molar-refractivity contribution in [1.82, 2.24) is 0 Å². The number of anilines is 3. The Labute approximate surface area is 282 Å². The van der Waals surface area contributed by atoms with E-state index in [0.717, 1.165) is 11.4 Å². The van der Waals surface area contributed by atoms with Crippen LogP contribution in [-0.4, -0.2) is 0 Å². The molecule has 0 unspecified atom stereocenters. The molecule has 228 valence electrons. The lowest BCUT2D eigenvalue weighted by Crippen LogP contribution is -2.16. The molecule has 0 aromatic heterocycles. The van der Waals surface area contributed by atoms with Gasteiger partial charge in [-0.15, -0.1) is 0 Å². The van der Waals surface area contributed by atoms with Crippen LogP contribution in [0.2, 0.25) is 0 Å². The highest BCUT2D eigenvalue weighted by molar-refractivity contribution is 6.10. The third-order valence-electron chi connectivity index (χ3n) is 10.2. The fraction of sp³-hybridized carbons (Fsp3) is 0.0638. The Hall–Kier alpha value is -5.92. The van der Waals surface area contributed by atoms with Gasteiger partial charge >= 0.3 is 0 Å². The van der Waals surface area contributed by atoms with Gasteiger partial charge in [-0.05, 0) is 85.4 Å². The Morgan fingerprint density at radius 3 is 1.77 bits per heavy atom. The first-order valence-electron chi connectivity index (χ1n) is 16.8. The molecule has 0 saturated carbocycles. The van der Waals surface area contributed by atoms with E-state index in [9.17, 15) is 0 Å². The van der Waals surface area contributed by atoms with E-state index in [1.807, 2.05) is 0 Å². The van der Waals surface area contributed by atoms with Crippen molar-refractivity contribution >= 4 is 38.6 Å². The van der Waals surface area contributed by atoms with Crippen molar-refractivity contribution in [1.29, 1.82) is 0 Å². The number of hydrogen-bond acceptors (Lipinski definition) is 1. The lowest BCUT2D eigenvalue weighted by atomic mass is 9.81. The Kier molecular flexibility index (Phi) is 6.55. The van der Waals surface area contributed by atoms with E-state index < -0.39 is 0 Å². The summed E-state index contributed by atoms with van der Waals surface area (Å²) in [6.07, 6.45) is 0. The first kappa shape index (κ1) is 28.3. The molecule has 0 N–H and O–H groups in total. The van der Waals surface area contributed by atoms with Crippen molar-refractivity contribution in [3.63, 3.8) is 0 Å². The molecular weight excluding hydrogens is 579 g/mol. The number of rotatable bonds is 5. The number of nitrogens with zero attached hydrogens (tertiary/aromatic N) is 1. The zero-order valence-corrected chi connectivity index (χ0v) is 27.2. The summed E-state index contributed by atoms with van der Waals surface area (Å²) < 4.78 is 0. The Balaban J connectivity index is 1.30. The lowest BCUT2D eigenvalue weighted by Gasteiger charge is -2.30. The quantitative estimate of drug-likeness (QED) is 0.187. The SMILES string of the molecule is CC1(C)c2ccccc2-c2c1cc1ccccc1c2N(c1ccccc1)c1ccc(-c2c(-c3ccccc3)ccc3ccccc23)cc1. The molecule has 1 aliphatic carbocycles. The van der Waals surface area contributed by atoms with Gasteiger partial charge in [0, 0.05) is 27.7 Å². The van der Waals surface area contributed by atoms with Crippen LogP contribution in [0.1, 0.15) is 25.0 Å². The largest absolute Gasteiger partial charge is 0.309 e. The molecule has 1 aliphatic rings. The Bertz CT molecular complexity index is 2460. The average molecular weight is 614 g/mol. The van der Waals surface area contributed by atoms with Crippen LogP contribution < -0.4 is 4.90 Å². The van der Waals surface area contributed by atoms with Gasteiger partial charge in [0.15, 0.2) is 0 Å². The van der Waals surface area contributed by atoms with Crippen LogP contribution in [0.4, 0.5) is 17.1 Å². The number of fused-ring (bicyclic) bond motifs is 5. The van der Waals surface area contributed by atoms with Crippen LogP contribution in [0.15, 0.2) is 176 Å². The summed E-state index contributed by atoms with van der Waals surface area (Å²) >= 11 is 0. The zero-order valence-electron chi connectivity index (χ0n) is 27.2. The molecule has 1 nitrogen and oxygen atoms in total. The van der Waals surface area contributed by atoms with Crippen LogP contribution in [0.25, 0.3) is 54.9 Å². The minimum atomic E-state index is -0.112. The van der Waals surface area contributed by atoms with Crippen LogP contribution in [-0.2, 0) is 5.41 Å². The van der Waals surface area contributed by atoms with Crippen molar-refractivity contribution in [2.45, 2.75) is 19.3 Å². The van der Waals surface area contributed by atoms with E-state index in [2.05, 4.69) is 195 Å². The molecule has 48 heavy (non-hydrogen) atoms. The molecule has 0 radical (unpaired) electrons. The molecule has 1 heteroatoms. The van der Waals surface area contributed by atoms with Gasteiger partial charge in [0.25, 0.3) is 0 Å². The van der Waals surface area contributed by atoms with E-state index in [4.69, 9.17) is 0 Å². The summed E-state index contributed by atoms with van der Waals surface area (Å²) in [5.41, 5.74) is 13.7. The van der Waals surface area contributed by atoms with E-state index in [-0.39, 0.29) is 5.41 Å². The van der Waals surface area contributed by atoms with Crippen molar-refractivity contribution in [3.05, 3.63) is 187 Å². The van der Waals surface area contributed by atoms with Crippen molar-refractivity contribution < 1.29 is 0 Å². The van der Waals surface area contributed by atoms with E-state index in [1.54, 1.807) is 0 Å². The second kappa shape index (κ2) is 11.1. The predicted molar refractivity (Wildman–Crippen MR) is 205 cm³/mol. The average Bonchev–Trinajstić information content (AvgIpc) is 3.37. The van der Waals surface area contributed by atoms with Crippen LogP contribution >= 0.6 is 0 Å². The third kappa shape index (κ3) is 4.39. The van der Waals surface area contributed by atoms with Crippen molar-refractivity contribution in [2.24, 2.45) is 0 Å². The molecule has 8 aromatic carbocycles. The molecule has 0 fully saturated rings. The van der Waals surface area contributed by atoms with Crippen molar-refractivity contribution in [3.8, 4) is 33.4 Å². The normalized spacial score (nSPS) is 13.0. The number of hydrogen-bond donors (Lipinski definition) is 0. The molecule has 0 bridgehead atoms. The van der Waals surface area contributed by atoms with Crippen LogP contribution in [0, 0.1) is 0 Å². The summed E-state index contributed by atoms with van der Waals surface area (Å²) in [5, 5.41) is 5.01. The molecule has 0 spiro atoms. The Morgan fingerprint density at radius 1 is 0.396 bits per heavy atom. The van der Waals surface area contributed by atoms with Gasteiger partial charge in [-0.25, -0.2) is 0 Å². The van der Waals surface area contributed by atoms with Gasteiger partial charge in [-0.2, -0.15) is 0 Å². The highest BCUT2D eigenvalue weighted by atomic mass is 15.1. The summed E-state index contributed by atoms with van der Waals surface area (Å²) in [6.45, 7) is 4.73. The van der Waals surface area contributed by atoms with Gasteiger partial charge in [-0.3, -0.25) is 0 Å². The maximum atomic E-state index is 2.48.